The highest BCUT2D eigenvalue weighted by Gasteiger charge is 2.19. The molecular weight excluding hydrogens is 182 g/mol. The normalized spacial score (nSPS) is 25.7. The SMILES string of the molecule is CCC[C@@H]1CN[C@@H](C)Cc2ccccc21. The highest BCUT2D eigenvalue weighted by molar-refractivity contribution is 5.32. The van der Waals surface area contributed by atoms with Crippen LogP contribution in [0.3, 0.4) is 0 Å². The molecule has 1 aliphatic heterocycles. The monoisotopic (exact) mass is 203 g/mol. The van der Waals surface area contributed by atoms with Gasteiger partial charge in [-0.15, -0.1) is 0 Å². The Morgan fingerprint density at radius 2 is 2.13 bits per heavy atom. The molecule has 0 aliphatic carbocycles. The lowest BCUT2D eigenvalue weighted by atomic mass is 9.90. The highest BCUT2D eigenvalue weighted by atomic mass is 14.9. The number of benzene rings is 1. The van der Waals surface area contributed by atoms with Crippen LogP contribution in [0.1, 0.15) is 43.7 Å². The molecule has 0 aromatic heterocycles. The van der Waals surface area contributed by atoms with Gasteiger partial charge in [-0.1, -0.05) is 37.6 Å². The third kappa shape index (κ3) is 2.40. The second-order valence-electron chi connectivity index (χ2n) is 4.70. The predicted octanol–water partition coefficient (Wildman–Crippen LogP) is 3.10. The molecule has 0 fully saturated rings. The van der Waals surface area contributed by atoms with Crippen molar-refractivity contribution in [3.05, 3.63) is 35.4 Å². The van der Waals surface area contributed by atoms with Crippen LogP contribution in [-0.2, 0) is 6.42 Å². The van der Waals surface area contributed by atoms with Gasteiger partial charge < -0.3 is 5.32 Å². The Labute approximate surface area is 92.9 Å². The van der Waals surface area contributed by atoms with Crippen molar-refractivity contribution >= 4 is 0 Å². The molecule has 1 heteroatoms. The van der Waals surface area contributed by atoms with Crippen molar-refractivity contribution in [2.24, 2.45) is 0 Å². The first-order chi connectivity index (χ1) is 7.31. The van der Waals surface area contributed by atoms with Crippen LogP contribution in [0, 0.1) is 0 Å². The van der Waals surface area contributed by atoms with Crippen molar-refractivity contribution in [1.82, 2.24) is 5.32 Å². The van der Waals surface area contributed by atoms with E-state index in [1.54, 1.807) is 11.1 Å². The Bertz CT molecular complexity index is 319. The molecule has 2 atom stereocenters. The number of rotatable bonds is 2. The Balaban J connectivity index is 2.29. The van der Waals surface area contributed by atoms with Gasteiger partial charge in [0.1, 0.15) is 0 Å². The van der Waals surface area contributed by atoms with E-state index in [9.17, 15) is 0 Å². The molecule has 1 nitrogen and oxygen atoms in total. The number of hydrogen-bond donors (Lipinski definition) is 1. The van der Waals surface area contributed by atoms with Crippen molar-refractivity contribution in [2.45, 2.75) is 45.1 Å². The molecule has 1 aliphatic rings. The molecule has 0 unspecified atom stereocenters. The van der Waals surface area contributed by atoms with E-state index in [1.807, 2.05) is 0 Å². The zero-order valence-electron chi connectivity index (χ0n) is 9.79. The summed E-state index contributed by atoms with van der Waals surface area (Å²) in [5.74, 6) is 0.719. The fraction of sp³-hybridized carbons (Fsp3) is 0.571. The van der Waals surface area contributed by atoms with Crippen molar-refractivity contribution in [3.63, 3.8) is 0 Å². The lowest BCUT2D eigenvalue weighted by molar-refractivity contribution is 0.508. The Kier molecular flexibility index (Phi) is 3.42. The summed E-state index contributed by atoms with van der Waals surface area (Å²) in [7, 11) is 0. The zero-order chi connectivity index (χ0) is 10.7. The molecule has 1 aromatic carbocycles. The van der Waals surface area contributed by atoms with Gasteiger partial charge in [0.2, 0.25) is 0 Å². The summed E-state index contributed by atoms with van der Waals surface area (Å²) < 4.78 is 0. The lowest BCUT2D eigenvalue weighted by Crippen LogP contribution is -2.28. The van der Waals surface area contributed by atoms with E-state index in [1.165, 1.54) is 19.3 Å². The number of nitrogens with one attached hydrogen (secondary N) is 1. The molecule has 82 valence electrons. The highest BCUT2D eigenvalue weighted by Crippen LogP contribution is 2.27. The largest absolute Gasteiger partial charge is 0.313 e. The average molecular weight is 203 g/mol. The molecule has 15 heavy (non-hydrogen) atoms. The fourth-order valence-electron chi connectivity index (χ4n) is 2.58. The van der Waals surface area contributed by atoms with E-state index < -0.39 is 0 Å². The minimum atomic E-state index is 0.619. The van der Waals surface area contributed by atoms with Gasteiger partial charge in [-0.3, -0.25) is 0 Å². The molecular formula is C14H21N. The Hall–Kier alpha value is -0.820. The molecule has 1 heterocycles. The first kappa shape index (κ1) is 10.7. The summed E-state index contributed by atoms with van der Waals surface area (Å²) in [6.07, 6.45) is 3.75. The van der Waals surface area contributed by atoms with Crippen LogP contribution in [0.25, 0.3) is 0 Å². The smallest absolute Gasteiger partial charge is 0.00794 e. The molecule has 0 bridgehead atoms. The van der Waals surface area contributed by atoms with E-state index in [0.29, 0.717) is 6.04 Å². The average Bonchev–Trinajstić information content (AvgIpc) is 2.39. The summed E-state index contributed by atoms with van der Waals surface area (Å²) in [4.78, 5) is 0. The molecule has 0 saturated carbocycles. The molecule has 2 rings (SSSR count). The van der Waals surface area contributed by atoms with Crippen LogP contribution in [0.2, 0.25) is 0 Å². The van der Waals surface area contributed by atoms with Crippen LogP contribution in [0.15, 0.2) is 24.3 Å². The maximum absolute atomic E-state index is 3.63. The van der Waals surface area contributed by atoms with Gasteiger partial charge in [0.05, 0.1) is 0 Å². The van der Waals surface area contributed by atoms with Gasteiger partial charge >= 0.3 is 0 Å². The molecule has 1 aromatic rings. The van der Waals surface area contributed by atoms with Gasteiger partial charge in [0.25, 0.3) is 0 Å². The Morgan fingerprint density at radius 3 is 2.93 bits per heavy atom. The van der Waals surface area contributed by atoms with Gasteiger partial charge in [0, 0.05) is 12.6 Å². The second kappa shape index (κ2) is 4.80. The van der Waals surface area contributed by atoms with E-state index in [4.69, 9.17) is 0 Å². The third-order valence-electron chi connectivity index (χ3n) is 3.37. The van der Waals surface area contributed by atoms with Crippen LogP contribution < -0.4 is 5.32 Å². The third-order valence-corrected chi connectivity index (χ3v) is 3.37. The maximum Gasteiger partial charge on any atom is 0.00794 e. The van der Waals surface area contributed by atoms with Crippen molar-refractivity contribution in [1.29, 1.82) is 0 Å². The first-order valence-corrected chi connectivity index (χ1v) is 6.12. The van der Waals surface area contributed by atoms with Gasteiger partial charge in [-0.05, 0) is 36.8 Å². The summed E-state index contributed by atoms with van der Waals surface area (Å²) in [5, 5.41) is 3.63. The van der Waals surface area contributed by atoms with Crippen LogP contribution in [0.5, 0.6) is 0 Å². The van der Waals surface area contributed by atoms with E-state index in [2.05, 4.69) is 43.4 Å². The number of fused-ring (bicyclic) bond motifs is 1. The molecule has 0 amide bonds. The summed E-state index contributed by atoms with van der Waals surface area (Å²) in [6.45, 7) is 5.70. The van der Waals surface area contributed by atoms with Crippen LogP contribution in [-0.4, -0.2) is 12.6 Å². The van der Waals surface area contributed by atoms with Crippen LogP contribution >= 0.6 is 0 Å². The van der Waals surface area contributed by atoms with Crippen LogP contribution in [0.4, 0.5) is 0 Å². The Morgan fingerprint density at radius 1 is 1.33 bits per heavy atom. The quantitative estimate of drug-likeness (QED) is 0.779. The molecule has 0 spiro atoms. The van der Waals surface area contributed by atoms with Crippen molar-refractivity contribution < 1.29 is 0 Å². The predicted molar refractivity (Wildman–Crippen MR) is 65.3 cm³/mol. The van der Waals surface area contributed by atoms with E-state index >= 15 is 0 Å². The van der Waals surface area contributed by atoms with E-state index in [-0.39, 0.29) is 0 Å². The van der Waals surface area contributed by atoms with Gasteiger partial charge in [-0.25, -0.2) is 0 Å². The fourth-order valence-corrected chi connectivity index (χ4v) is 2.58. The van der Waals surface area contributed by atoms with E-state index in [0.717, 1.165) is 12.5 Å². The molecule has 1 N–H and O–H groups in total. The minimum Gasteiger partial charge on any atom is -0.313 e. The molecule has 0 saturated heterocycles. The standard InChI is InChI=1S/C14H21N/c1-3-6-13-10-15-11(2)9-12-7-4-5-8-14(12)13/h4-5,7-8,11,13,15H,3,6,9-10H2,1-2H3/t11-,13+/m0/s1. The summed E-state index contributed by atoms with van der Waals surface area (Å²) >= 11 is 0. The first-order valence-electron chi connectivity index (χ1n) is 6.12. The van der Waals surface area contributed by atoms with Crippen molar-refractivity contribution in [3.8, 4) is 0 Å². The van der Waals surface area contributed by atoms with Gasteiger partial charge in [0.15, 0.2) is 0 Å². The minimum absolute atomic E-state index is 0.619. The summed E-state index contributed by atoms with van der Waals surface area (Å²) in [6, 6.07) is 9.57. The lowest BCUT2D eigenvalue weighted by Gasteiger charge is -2.16. The number of hydrogen-bond acceptors (Lipinski definition) is 1. The zero-order valence-corrected chi connectivity index (χ0v) is 9.79. The molecule has 0 radical (unpaired) electrons. The van der Waals surface area contributed by atoms with Gasteiger partial charge in [-0.2, -0.15) is 0 Å². The van der Waals surface area contributed by atoms with Crippen molar-refractivity contribution in [2.75, 3.05) is 6.54 Å². The topological polar surface area (TPSA) is 12.0 Å². The maximum atomic E-state index is 3.63. The second-order valence-corrected chi connectivity index (χ2v) is 4.70. The summed E-state index contributed by atoms with van der Waals surface area (Å²) in [5.41, 5.74) is 3.13.